The quantitative estimate of drug-likeness (QED) is 0.583. The summed E-state index contributed by atoms with van der Waals surface area (Å²) in [7, 11) is 1.59. The number of nitrogens with zero attached hydrogens (tertiary/aromatic N) is 3. The number of aromatic nitrogens is 3. The zero-order chi connectivity index (χ0) is 15.8. The van der Waals surface area contributed by atoms with Gasteiger partial charge in [-0.15, -0.1) is 11.3 Å². The van der Waals surface area contributed by atoms with Crippen LogP contribution in [0.1, 0.15) is 0 Å². The molecule has 114 valence electrons. The first-order valence-electron chi connectivity index (χ1n) is 6.88. The van der Waals surface area contributed by atoms with Crippen molar-refractivity contribution in [3.63, 3.8) is 0 Å². The van der Waals surface area contributed by atoms with Crippen molar-refractivity contribution in [2.24, 2.45) is 0 Å². The number of aromatic amines is 1. The van der Waals surface area contributed by atoms with Crippen LogP contribution >= 0.6 is 11.3 Å². The van der Waals surface area contributed by atoms with Crippen LogP contribution in [0.2, 0.25) is 0 Å². The van der Waals surface area contributed by atoms with Crippen molar-refractivity contribution in [2.75, 3.05) is 12.0 Å². The van der Waals surface area contributed by atoms with Crippen molar-refractivity contribution in [2.45, 2.75) is 0 Å². The molecule has 7 heteroatoms. The number of anilines is 2. The number of methoxy groups -OCH3 is 1. The SMILES string of the molecule is COc1cc2cc[nH]c2cc1N(C=O)c1csc2cncnc12. The lowest BCUT2D eigenvalue weighted by molar-refractivity contribution is -0.106. The van der Waals surface area contributed by atoms with Crippen LogP contribution < -0.4 is 9.64 Å². The van der Waals surface area contributed by atoms with Gasteiger partial charge in [-0.2, -0.15) is 0 Å². The third-order valence-electron chi connectivity index (χ3n) is 3.70. The van der Waals surface area contributed by atoms with Crippen molar-refractivity contribution in [3.8, 4) is 5.75 Å². The molecule has 0 spiro atoms. The van der Waals surface area contributed by atoms with Crippen LogP contribution in [0.5, 0.6) is 5.75 Å². The second-order valence-electron chi connectivity index (χ2n) is 4.92. The van der Waals surface area contributed by atoms with Crippen LogP contribution in [-0.2, 0) is 4.79 Å². The van der Waals surface area contributed by atoms with Crippen LogP contribution in [0, 0.1) is 0 Å². The van der Waals surface area contributed by atoms with Gasteiger partial charge in [0.1, 0.15) is 17.6 Å². The molecule has 0 unspecified atom stereocenters. The summed E-state index contributed by atoms with van der Waals surface area (Å²) < 4.78 is 6.40. The lowest BCUT2D eigenvalue weighted by Gasteiger charge is -2.19. The summed E-state index contributed by atoms with van der Waals surface area (Å²) in [6.45, 7) is 0. The molecule has 0 saturated heterocycles. The van der Waals surface area contributed by atoms with E-state index >= 15 is 0 Å². The lowest BCUT2D eigenvalue weighted by Crippen LogP contribution is -2.15. The van der Waals surface area contributed by atoms with Gasteiger partial charge in [-0.25, -0.2) is 9.97 Å². The zero-order valence-corrected chi connectivity index (χ0v) is 13.0. The molecule has 0 aliphatic heterocycles. The fourth-order valence-corrected chi connectivity index (χ4v) is 3.46. The molecule has 4 aromatic rings. The molecule has 3 aromatic heterocycles. The molecule has 4 rings (SSSR count). The molecule has 23 heavy (non-hydrogen) atoms. The Bertz CT molecular complexity index is 1010. The highest BCUT2D eigenvalue weighted by molar-refractivity contribution is 7.17. The minimum atomic E-state index is 0.623. The second kappa shape index (κ2) is 5.36. The summed E-state index contributed by atoms with van der Waals surface area (Å²) in [5.74, 6) is 0.623. The van der Waals surface area contributed by atoms with Gasteiger partial charge < -0.3 is 9.72 Å². The van der Waals surface area contributed by atoms with Crippen molar-refractivity contribution in [1.29, 1.82) is 0 Å². The van der Waals surface area contributed by atoms with Gasteiger partial charge in [-0.3, -0.25) is 9.69 Å². The largest absolute Gasteiger partial charge is 0.495 e. The monoisotopic (exact) mass is 324 g/mol. The van der Waals surface area contributed by atoms with Crippen molar-refractivity contribution < 1.29 is 9.53 Å². The third-order valence-corrected chi connectivity index (χ3v) is 4.59. The maximum absolute atomic E-state index is 11.8. The van der Waals surface area contributed by atoms with Crippen molar-refractivity contribution in [1.82, 2.24) is 15.0 Å². The Morgan fingerprint density at radius 3 is 3.09 bits per heavy atom. The highest BCUT2D eigenvalue weighted by atomic mass is 32.1. The average Bonchev–Trinajstić information content (AvgIpc) is 3.21. The number of carbonyl (C=O) groups is 1. The maximum atomic E-state index is 11.8. The first kappa shape index (κ1) is 13.7. The molecule has 0 bridgehead atoms. The first-order chi connectivity index (χ1) is 11.3. The minimum absolute atomic E-state index is 0.623. The minimum Gasteiger partial charge on any atom is -0.495 e. The normalized spacial score (nSPS) is 11.0. The Kier molecular flexibility index (Phi) is 3.20. The first-order valence-corrected chi connectivity index (χ1v) is 7.76. The summed E-state index contributed by atoms with van der Waals surface area (Å²) in [6.07, 6.45) is 5.85. The molecule has 1 amide bonds. The number of hydrogen-bond acceptors (Lipinski definition) is 5. The van der Waals surface area contributed by atoms with Gasteiger partial charge in [0.05, 0.1) is 23.2 Å². The lowest BCUT2D eigenvalue weighted by atomic mass is 10.2. The smallest absolute Gasteiger partial charge is 0.218 e. The number of H-pyrrole nitrogens is 1. The fourth-order valence-electron chi connectivity index (χ4n) is 2.60. The number of carbonyl (C=O) groups excluding carboxylic acids is 1. The van der Waals surface area contributed by atoms with Gasteiger partial charge in [0.25, 0.3) is 0 Å². The third kappa shape index (κ3) is 2.13. The Hall–Kier alpha value is -2.93. The van der Waals surface area contributed by atoms with Gasteiger partial charge in [-0.1, -0.05) is 0 Å². The van der Waals surface area contributed by atoms with E-state index in [9.17, 15) is 4.79 Å². The molecule has 0 aliphatic carbocycles. The van der Waals surface area contributed by atoms with E-state index in [4.69, 9.17) is 4.74 Å². The summed E-state index contributed by atoms with van der Waals surface area (Å²) in [5, 5.41) is 2.92. The number of rotatable bonds is 4. The van der Waals surface area contributed by atoms with E-state index in [2.05, 4.69) is 15.0 Å². The number of nitrogens with one attached hydrogen (secondary N) is 1. The molecule has 3 heterocycles. The number of amides is 1. The average molecular weight is 324 g/mol. The summed E-state index contributed by atoms with van der Waals surface area (Å²) in [6, 6.07) is 5.76. The second-order valence-corrected chi connectivity index (χ2v) is 5.83. The van der Waals surface area contributed by atoms with E-state index in [-0.39, 0.29) is 0 Å². The predicted molar refractivity (Wildman–Crippen MR) is 90.5 cm³/mol. The van der Waals surface area contributed by atoms with Gasteiger partial charge in [0.15, 0.2) is 0 Å². The molecular weight excluding hydrogens is 312 g/mol. The Morgan fingerprint density at radius 1 is 1.35 bits per heavy atom. The molecule has 1 aromatic carbocycles. The zero-order valence-electron chi connectivity index (χ0n) is 12.2. The van der Waals surface area contributed by atoms with Crippen LogP contribution in [0.4, 0.5) is 11.4 Å². The van der Waals surface area contributed by atoms with E-state index in [0.29, 0.717) is 17.1 Å². The topological polar surface area (TPSA) is 71.1 Å². The van der Waals surface area contributed by atoms with E-state index in [0.717, 1.165) is 27.5 Å². The molecule has 6 nitrogen and oxygen atoms in total. The molecular formula is C16H12N4O2S. The Morgan fingerprint density at radius 2 is 2.26 bits per heavy atom. The standard InChI is InChI=1S/C16H12N4O2S/c1-22-14-4-10-2-3-18-11(10)5-12(14)20(9-21)13-7-23-15-6-17-8-19-16(13)15/h2-9,18H,1H3. The van der Waals surface area contributed by atoms with E-state index < -0.39 is 0 Å². The van der Waals surface area contributed by atoms with E-state index in [1.54, 1.807) is 18.2 Å². The van der Waals surface area contributed by atoms with Crippen LogP contribution in [0.15, 0.2) is 42.3 Å². The molecule has 0 fully saturated rings. The molecule has 1 N–H and O–H groups in total. The van der Waals surface area contributed by atoms with Gasteiger partial charge in [0, 0.05) is 28.7 Å². The van der Waals surface area contributed by atoms with Gasteiger partial charge in [0.2, 0.25) is 6.41 Å². The highest BCUT2D eigenvalue weighted by Gasteiger charge is 2.19. The van der Waals surface area contributed by atoms with Crippen molar-refractivity contribution >= 4 is 50.2 Å². The number of thiophene rings is 1. The fraction of sp³-hybridized carbons (Fsp3) is 0.0625. The van der Waals surface area contributed by atoms with Crippen LogP contribution in [0.25, 0.3) is 21.1 Å². The summed E-state index contributed by atoms with van der Waals surface area (Å²) >= 11 is 1.50. The number of fused-ring (bicyclic) bond motifs is 2. The predicted octanol–water partition coefficient (Wildman–Crippen LogP) is 3.48. The number of benzene rings is 1. The Balaban J connectivity index is 1.94. The maximum Gasteiger partial charge on any atom is 0.218 e. The summed E-state index contributed by atoms with van der Waals surface area (Å²) in [4.78, 5) is 24.8. The summed E-state index contributed by atoms with van der Waals surface area (Å²) in [5.41, 5.74) is 3.05. The van der Waals surface area contributed by atoms with Crippen LogP contribution in [-0.4, -0.2) is 28.5 Å². The number of hydrogen-bond donors (Lipinski definition) is 1. The Labute approximate surface area is 135 Å². The van der Waals surface area contributed by atoms with Crippen molar-refractivity contribution in [3.05, 3.63) is 42.3 Å². The molecule has 0 atom stereocenters. The van der Waals surface area contributed by atoms with E-state index in [1.807, 2.05) is 29.8 Å². The van der Waals surface area contributed by atoms with Gasteiger partial charge >= 0.3 is 0 Å². The molecule has 0 aliphatic rings. The highest BCUT2D eigenvalue weighted by Crippen LogP contribution is 2.40. The van der Waals surface area contributed by atoms with Gasteiger partial charge in [-0.05, 0) is 18.2 Å². The number of ether oxygens (including phenoxy) is 1. The molecule has 0 saturated carbocycles. The van der Waals surface area contributed by atoms with Crippen LogP contribution in [0.3, 0.4) is 0 Å². The van der Waals surface area contributed by atoms with E-state index in [1.165, 1.54) is 17.7 Å². The molecule has 0 radical (unpaired) electrons.